The molecular weight excluding hydrogens is 478 g/mol. The molecule has 0 unspecified atom stereocenters. The third-order valence-electron chi connectivity index (χ3n) is 7.60. The minimum absolute atomic E-state index is 0.0646. The normalized spacial score (nSPS) is 16.4. The number of carbonyl (C=O) groups excluding carboxylic acids is 2. The van der Waals surface area contributed by atoms with Gasteiger partial charge in [0.25, 0.3) is 5.91 Å². The Balaban J connectivity index is 1.48. The number of piperazine rings is 1. The fourth-order valence-corrected chi connectivity index (χ4v) is 5.45. The van der Waals surface area contributed by atoms with Gasteiger partial charge in [0.15, 0.2) is 0 Å². The van der Waals surface area contributed by atoms with Crippen molar-refractivity contribution in [2.24, 2.45) is 5.92 Å². The van der Waals surface area contributed by atoms with Gasteiger partial charge >= 0.3 is 0 Å². The maximum atomic E-state index is 13.4. The van der Waals surface area contributed by atoms with Crippen LogP contribution in [0, 0.1) is 5.92 Å². The second kappa shape index (κ2) is 13.5. The number of para-hydroxylation sites is 2. The van der Waals surface area contributed by atoms with Gasteiger partial charge in [0, 0.05) is 50.0 Å². The molecule has 0 aromatic heterocycles. The van der Waals surface area contributed by atoms with Gasteiger partial charge in [0.05, 0.1) is 18.4 Å². The van der Waals surface area contributed by atoms with E-state index in [4.69, 9.17) is 4.74 Å². The van der Waals surface area contributed by atoms with Crippen molar-refractivity contribution in [1.29, 1.82) is 0 Å². The van der Waals surface area contributed by atoms with Crippen LogP contribution in [0.5, 0.6) is 5.75 Å². The number of methoxy groups -OCH3 is 1. The van der Waals surface area contributed by atoms with Crippen molar-refractivity contribution in [3.05, 3.63) is 48.0 Å². The predicted molar refractivity (Wildman–Crippen MR) is 155 cm³/mol. The lowest BCUT2D eigenvalue weighted by molar-refractivity contribution is -0.120. The van der Waals surface area contributed by atoms with Crippen molar-refractivity contribution in [1.82, 2.24) is 10.2 Å². The van der Waals surface area contributed by atoms with Gasteiger partial charge in [-0.15, -0.1) is 0 Å². The Bertz CT molecular complexity index is 1080. The summed E-state index contributed by atoms with van der Waals surface area (Å²) < 4.78 is 5.56. The van der Waals surface area contributed by atoms with Gasteiger partial charge in [-0.25, -0.2) is 0 Å². The number of ether oxygens (including phenoxy) is 1. The third kappa shape index (κ3) is 7.19. The number of rotatable bonds is 10. The van der Waals surface area contributed by atoms with Crippen molar-refractivity contribution in [3.8, 4) is 5.75 Å². The van der Waals surface area contributed by atoms with Crippen LogP contribution in [0.25, 0.3) is 0 Å². The number of nitrogens with zero attached hydrogens (tertiary/aromatic N) is 3. The standard InChI is InChI=1S/C30H43N5O3/c1-33(2)17-9-16-31-30(37)25-22-24(32-29(36)23-10-5-4-6-11-23)14-15-26(25)34-18-20-35(21-19-34)27-12-7-8-13-28(27)38-3/h7-8,12-15,22-23H,4-6,9-11,16-21H2,1-3H3,(H,31,37)(H,32,36). The summed E-state index contributed by atoms with van der Waals surface area (Å²) in [5.41, 5.74) is 3.30. The lowest BCUT2D eigenvalue weighted by Gasteiger charge is -2.38. The highest BCUT2D eigenvalue weighted by molar-refractivity contribution is 6.02. The summed E-state index contributed by atoms with van der Waals surface area (Å²) >= 11 is 0. The molecule has 2 aromatic rings. The maximum absolute atomic E-state index is 13.4. The first-order valence-electron chi connectivity index (χ1n) is 14.0. The smallest absolute Gasteiger partial charge is 0.253 e. The topological polar surface area (TPSA) is 77.1 Å². The molecule has 4 rings (SSSR count). The van der Waals surface area contributed by atoms with Gasteiger partial charge in [-0.1, -0.05) is 31.4 Å². The monoisotopic (exact) mass is 521 g/mol. The number of carbonyl (C=O) groups is 2. The summed E-state index contributed by atoms with van der Waals surface area (Å²) in [5, 5.41) is 6.19. The molecule has 0 bridgehead atoms. The number of nitrogens with one attached hydrogen (secondary N) is 2. The lowest BCUT2D eigenvalue weighted by atomic mass is 9.88. The van der Waals surface area contributed by atoms with Crippen LogP contribution >= 0.6 is 0 Å². The average molecular weight is 522 g/mol. The molecule has 1 aliphatic carbocycles. The van der Waals surface area contributed by atoms with Crippen LogP contribution in [0.1, 0.15) is 48.9 Å². The molecule has 1 heterocycles. The Morgan fingerprint density at radius 3 is 2.32 bits per heavy atom. The molecule has 0 spiro atoms. The van der Waals surface area contributed by atoms with Crippen LogP contribution in [0.2, 0.25) is 0 Å². The first-order valence-corrected chi connectivity index (χ1v) is 14.0. The van der Waals surface area contributed by atoms with Crippen molar-refractivity contribution in [2.75, 3.05) is 75.6 Å². The van der Waals surface area contributed by atoms with Crippen molar-refractivity contribution >= 4 is 28.9 Å². The minimum Gasteiger partial charge on any atom is -0.495 e. The Kier molecular flexibility index (Phi) is 9.87. The Labute approximate surface area is 227 Å². The molecule has 2 aliphatic rings. The van der Waals surface area contributed by atoms with Crippen LogP contribution in [0.15, 0.2) is 42.5 Å². The van der Waals surface area contributed by atoms with Gasteiger partial charge < -0.3 is 30.1 Å². The first-order chi connectivity index (χ1) is 18.5. The van der Waals surface area contributed by atoms with Crippen molar-refractivity contribution < 1.29 is 14.3 Å². The molecule has 8 nitrogen and oxygen atoms in total. The summed E-state index contributed by atoms with van der Waals surface area (Å²) in [7, 11) is 5.76. The molecule has 1 saturated carbocycles. The van der Waals surface area contributed by atoms with E-state index < -0.39 is 0 Å². The molecule has 1 aliphatic heterocycles. The Morgan fingerprint density at radius 2 is 1.63 bits per heavy atom. The van der Waals surface area contributed by atoms with E-state index in [1.54, 1.807) is 7.11 Å². The maximum Gasteiger partial charge on any atom is 0.253 e. The van der Waals surface area contributed by atoms with Crippen molar-refractivity contribution in [2.45, 2.75) is 38.5 Å². The minimum atomic E-state index is -0.0975. The van der Waals surface area contributed by atoms with E-state index in [0.29, 0.717) is 17.8 Å². The molecule has 2 amide bonds. The summed E-state index contributed by atoms with van der Waals surface area (Å²) in [6.45, 7) is 4.74. The quantitative estimate of drug-likeness (QED) is 0.456. The molecule has 38 heavy (non-hydrogen) atoms. The highest BCUT2D eigenvalue weighted by Gasteiger charge is 2.25. The zero-order valence-corrected chi connectivity index (χ0v) is 23.2. The molecule has 1 saturated heterocycles. The average Bonchev–Trinajstić information content (AvgIpc) is 2.95. The molecule has 2 aromatic carbocycles. The van der Waals surface area contributed by atoms with E-state index in [1.807, 2.05) is 50.5 Å². The number of hydrogen-bond acceptors (Lipinski definition) is 6. The summed E-state index contributed by atoms with van der Waals surface area (Å²) in [5.74, 6) is 0.909. The van der Waals surface area contributed by atoms with Gasteiger partial charge in [-0.2, -0.15) is 0 Å². The summed E-state index contributed by atoms with van der Waals surface area (Å²) in [6, 6.07) is 13.9. The van der Waals surface area contributed by atoms with Crippen LogP contribution < -0.4 is 25.2 Å². The number of amides is 2. The van der Waals surface area contributed by atoms with E-state index in [2.05, 4.69) is 31.4 Å². The van der Waals surface area contributed by atoms with E-state index in [-0.39, 0.29) is 17.7 Å². The van der Waals surface area contributed by atoms with E-state index >= 15 is 0 Å². The lowest BCUT2D eigenvalue weighted by Crippen LogP contribution is -2.47. The van der Waals surface area contributed by atoms with Gasteiger partial charge in [-0.3, -0.25) is 9.59 Å². The first kappa shape index (κ1) is 27.8. The molecule has 2 N–H and O–H groups in total. The molecular formula is C30H43N5O3. The van der Waals surface area contributed by atoms with Gasteiger partial charge in [0.1, 0.15) is 5.75 Å². The Hall–Kier alpha value is -3.26. The predicted octanol–water partition coefficient (Wildman–Crippen LogP) is 4.22. The van der Waals surface area contributed by atoms with Crippen LogP contribution in [0.3, 0.4) is 0 Å². The highest BCUT2D eigenvalue weighted by atomic mass is 16.5. The van der Waals surface area contributed by atoms with Crippen LogP contribution in [-0.2, 0) is 4.79 Å². The fourth-order valence-electron chi connectivity index (χ4n) is 5.45. The van der Waals surface area contributed by atoms with E-state index in [1.165, 1.54) is 6.42 Å². The number of hydrogen-bond donors (Lipinski definition) is 2. The second-order valence-corrected chi connectivity index (χ2v) is 10.6. The van der Waals surface area contributed by atoms with Gasteiger partial charge in [0.2, 0.25) is 5.91 Å². The van der Waals surface area contributed by atoms with E-state index in [9.17, 15) is 9.59 Å². The number of benzene rings is 2. The molecule has 0 atom stereocenters. The third-order valence-corrected chi connectivity index (χ3v) is 7.60. The fraction of sp³-hybridized carbons (Fsp3) is 0.533. The summed E-state index contributed by atoms with van der Waals surface area (Å²) in [4.78, 5) is 33.0. The zero-order chi connectivity index (χ0) is 26.9. The van der Waals surface area contributed by atoms with Crippen LogP contribution in [0.4, 0.5) is 17.1 Å². The zero-order valence-electron chi connectivity index (χ0n) is 23.2. The highest BCUT2D eigenvalue weighted by Crippen LogP contribution is 2.31. The molecule has 2 fully saturated rings. The number of anilines is 3. The van der Waals surface area contributed by atoms with E-state index in [0.717, 1.165) is 82.0 Å². The Morgan fingerprint density at radius 1 is 0.947 bits per heavy atom. The molecule has 206 valence electrons. The summed E-state index contributed by atoms with van der Waals surface area (Å²) in [6.07, 6.45) is 6.20. The largest absolute Gasteiger partial charge is 0.495 e. The van der Waals surface area contributed by atoms with Gasteiger partial charge in [-0.05, 0) is 70.2 Å². The van der Waals surface area contributed by atoms with Crippen molar-refractivity contribution in [3.63, 3.8) is 0 Å². The van der Waals surface area contributed by atoms with Crippen LogP contribution in [-0.4, -0.2) is 77.2 Å². The molecule has 0 radical (unpaired) electrons. The second-order valence-electron chi connectivity index (χ2n) is 10.6. The SMILES string of the molecule is COc1ccccc1N1CCN(c2ccc(NC(=O)C3CCCCC3)cc2C(=O)NCCCN(C)C)CC1. The molecule has 8 heteroatoms.